The second-order valence-electron chi connectivity index (χ2n) is 7.20. The molecule has 0 fully saturated rings. The van der Waals surface area contributed by atoms with Gasteiger partial charge in [-0.2, -0.15) is 10.2 Å². The van der Waals surface area contributed by atoms with Crippen molar-refractivity contribution in [2.24, 2.45) is 0 Å². The van der Waals surface area contributed by atoms with E-state index in [4.69, 9.17) is 47.0 Å². The number of anilines is 2. The van der Waals surface area contributed by atoms with Crippen LogP contribution in [0, 0.1) is 6.92 Å². The second kappa shape index (κ2) is 9.92. The van der Waals surface area contributed by atoms with E-state index in [-0.39, 0.29) is 0 Å². The average molecular weight is 506 g/mol. The van der Waals surface area contributed by atoms with E-state index in [1.165, 1.54) is 11.1 Å². The van der Waals surface area contributed by atoms with Gasteiger partial charge in [-0.05, 0) is 48.0 Å². The van der Waals surface area contributed by atoms with Crippen LogP contribution in [0.4, 0.5) is 11.5 Å². The van der Waals surface area contributed by atoms with Crippen molar-refractivity contribution in [1.29, 1.82) is 0 Å². The Morgan fingerprint density at radius 3 is 2.53 bits per heavy atom. The molecule has 2 aromatic carbocycles. The Balaban J connectivity index is 1.37. The molecule has 4 rings (SSSR count). The molecule has 2 N–H and O–H groups in total. The highest BCUT2D eigenvalue weighted by Gasteiger charge is 2.11. The summed E-state index contributed by atoms with van der Waals surface area (Å²) in [6.07, 6.45) is 5.33. The molecule has 0 bridgehead atoms. The standard InChI is InChI=1S/C22H19Cl3N6S/c1-14-4-2-3-5-16(14)11-30-12-17(9-26-30)27-22(32)28-21-20(25)13-31(29-21)10-15-6-7-18(23)19(24)8-15/h2-9,12-13H,10-11H2,1H3,(H2,27,28,29,32). The predicted octanol–water partition coefficient (Wildman–Crippen LogP) is 6.25. The molecule has 0 aliphatic carbocycles. The van der Waals surface area contributed by atoms with E-state index in [2.05, 4.69) is 39.9 Å². The van der Waals surface area contributed by atoms with Crippen molar-refractivity contribution in [2.75, 3.05) is 10.6 Å². The number of hydrogen-bond acceptors (Lipinski definition) is 3. The van der Waals surface area contributed by atoms with E-state index in [1.807, 2.05) is 29.1 Å². The molecule has 0 atom stereocenters. The van der Waals surface area contributed by atoms with Gasteiger partial charge in [0, 0.05) is 12.4 Å². The fourth-order valence-electron chi connectivity index (χ4n) is 3.13. The van der Waals surface area contributed by atoms with E-state index >= 15 is 0 Å². The van der Waals surface area contributed by atoms with Gasteiger partial charge in [-0.3, -0.25) is 9.36 Å². The Bertz CT molecular complexity index is 1270. The lowest BCUT2D eigenvalue weighted by molar-refractivity contribution is 0.684. The summed E-state index contributed by atoms with van der Waals surface area (Å²) in [4.78, 5) is 0. The summed E-state index contributed by atoms with van der Waals surface area (Å²) >= 11 is 23.8. The molecule has 2 heterocycles. The molecule has 0 unspecified atom stereocenters. The Kier molecular flexibility index (Phi) is 7.01. The molecule has 0 radical (unpaired) electrons. The minimum absolute atomic E-state index is 0.363. The van der Waals surface area contributed by atoms with Crippen molar-refractivity contribution < 1.29 is 0 Å². The third-order valence-electron chi connectivity index (χ3n) is 4.76. The van der Waals surface area contributed by atoms with Crippen molar-refractivity contribution in [1.82, 2.24) is 19.6 Å². The molecule has 2 aromatic heterocycles. The maximum absolute atomic E-state index is 6.33. The van der Waals surface area contributed by atoms with Gasteiger partial charge in [0.1, 0.15) is 5.02 Å². The highest BCUT2D eigenvalue weighted by Crippen LogP contribution is 2.24. The van der Waals surface area contributed by atoms with Crippen LogP contribution in [0.15, 0.2) is 61.1 Å². The zero-order chi connectivity index (χ0) is 22.7. The van der Waals surface area contributed by atoms with Gasteiger partial charge in [0.15, 0.2) is 10.9 Å². The van der Waals surface area contributed by atoms with Crippen molar-refractivity contribution in [3.05, 3.63) is 92.8 Å². The fourth-order valence-corrected chi connectivity index (χ4v) is 3.87. The molecule has 0 aliphatic rings. The third kappa shape index (κ3) is 5.61. The van der Waals surface area contributed by atoms with Gasteiger partial charge in [-0.1, -0.05) is 65.1 Å². The average Bonchev–Trinajstić information content (AvgIpc) is 3.32. The van der Waals surface area contributed by atoms with Crippen LogP contribution in [0.1, 0.15) is 16.7 Å². The molecule has 0 amide bonds. The molecule has 0 saturated heterocycles. The van der Waals surface area contributed by atoms with E-state index in [9.17, 15) is 0 Å². The molecule has 32 heavy (non-hydrogen) atoms. The molecule has 4 aromatic rings. The number of nitrogens with one attached hydrogen (secondary N) is 2. The summed E-state index contributed by atoms with van der Waals surface area (Å²) < 4.78 is 3.55. The van der Waals surface area contributed by atoms with Gasteiger partial charge in [0.05, 0.1) is 35.0 Å². The van der Waals surface area contributed by atoms with Crippen LogP contribution in [-0.2, 0) is 13.1 Å². The molecule has 0 saturated carbocycles. The van der Waals surface area contributed by atoms with E-state index in [0.29, 0.717) is 39.1 Å². The lowest BCUT2D eigenvalue weighted by Gasteiger charge is -2.07. The van der Waals surface area contributed by atoms with E-state index < -0.39 is 0 Å². The van der Waals surface area contributed by atoms with Gasteiger partial charge in [-0.15, -0.1) is 0 Å². The molecule has 0 spiro atoms. The smallest absolute Gasteiger partial charge is 0.176 e. The second-order valence-corrected chi connectivity index (χ2v) is 8.83. The first-order valence-corrected chi connectivity index (χ1v) is 11.2. The fraction of sp³-hybridized carbons (Fsp3) is 0.136. The van der Waals surface area contributed by atoms with Gasteiger partial charge >= 0.3 is 0 Å². The number of hydrogen-bond donors (Lipinski definition) is 2. The lowest BCUT2D eigenvalue weighted by atomic mass is 10.1. The number of halogens is 3. The SMILES string of the molecule is Cc1ccccc1Cn1cc(NC(=S)Nc2nn(Cc3ccc(Cl)c(Cl)c3)cc2Cl)cn1. The van der Waals surface area contributed by atoms with Crippen molar-refractivity contribution in [3.63, 3.8) is 0 Å². The summed E-state index contributed by atoms with van der Waals surface area (Å²) in [5.74, 6) is 0.455. The highest BCUT2D eigenvalue weighted by atomic mass is 35.5. The Morgan fingerprint density at radius 2 is 1.75 bits per heavy atom. The highest BCUT2D eigenvalue weighted by molar-refractivity contribution is 7.80. The van der Waals surface area contributed by atoms with Gasteiger partial charge in [-0.25, -0.2) is 0 Å². The monoisotopic (exact) mass is 504 g/mol. The van der Waals surface area contributed by atoms with Gasteiger partial charge < -0.3 is 10.6 Å². The van der Waals surface area contributed by atoms with E-state index in [1.54, 1.807) is 29.2 Å². The molecule has 10 heteroatoms. The minimum Gasteiger partial charge on any atom is -0.330 e. The minimum atomic E-state index is 0.363. The van der Waals surface area contributed by atoms with Crippen molar-refractivity contribution in [2.45, 2.75) is 20.0 Å². The summed E-state index contributed by atoms with van der Waals surface area (Å²) in [7, 11) is 0. The van der Waals surface area contributed by atoms with Crippen LogP contribution in [0.3, 0.4) is 0 Å². The third-order valence-corrected chi connectivity index (χ3v) is 5.98. The Morgan fingerprint density at radius 1 is 0.938 bits per heavy atom. The maximum Gasteiger partial charge on any atom is 0.176 e. The molecule has 0 aliphatic heterocycles. The number of aromatic nitrogens is 4. The first kappa shape index (κ1) is 22.6. The number of aryl methyl sites for hydroxylation is 1. The Labute approximate surface area is 206 Å². The summed E-state index contributed by atoms with van der Waals surface area (Å²) in [5.41, 5.74) is 4.15. The number of benzene rings is 2. The molecular formula is C22H19Cl3N6S. The first-order valence-electron chi connectivity index (χ1n) is 9.69. The number of nitrogens with zero attached hydrogens (tertiary/aromatic N) is 4. The van der Waals surface area contributed by atoms with Gasteiger partial charge in [0.25, 0.3) is 0 Å². The predicted molar refractivity (Wildman–Crippen MR) is 135 cm³/mol. The summed E-state index contributed by atoms with van der Waals surface area (Å²) in [6.45, 7) is 3.26. The molecule has 6 nitrogen and oxygen atoms in total. The van der Waals surface area contributed by atoms with Crippen LogP contribution in [0.2, 0.25) is 15.1 Å². The number of rotatable bonds is 6. The quantitative estimate of drug-likeness (QED) is 0.303. The van der Waals surface area contributed by atoms with Crippen LogP contribution in [0.5, 0.6) is 0 Å². The van der Waals surface area contributed by atoms with E-state index in [0.717, 1.165) is 11.3 Å². The van der Waals surface area contributed by atoms with Crippen LogP contribution < -0.4 is 10.6 Å². The Hall–Kier alpha value is -2.58. The largest absolute Gasteiger partial charge is 0.330 e. The van der Waals surface area contributed by atoms with Crippen molar-refractivity contribution >= 4 is 63.6 Å². The van der Waals surface area contributed by atoms with Crippen LogP contribution in [0.25, 0.3) is 0 Å². The molecular weight excluding hydrogens is 487 g/mol. The topological polar surface area (TPSA) is 59.7 Å². The van der Waals surface area contributed by atoms with Crippen LogP contribution in [-0.4, -0.2) is 24.7 Å². The lowest BCUT2D eigenvalue weighted by Crippen LogP contribution is -2.19. The van der Waals surface area contributed by atoms with Crippen molar-refractivity contribution in [3.8, 4) is 0 Å². The molecule has 164 valence electrons. The summed E-state index contributed by atoms with van der Waals surface area (Å²) in [5, 5.41) is 16.8. The number of thiocarbonyl (C=S) groups is 1. The zero-order valence-electron chi connectivity index (χ0n) is 17.0. The maximum atomic E-state index is 6.33. The van der Waals surface area contributed by atoms with Gasteiger partial charge in [0.2, 0.25) is 0 Å². The summed E-state index contributed by atoms with van der Waals surface area (Å²) in [6, 6.07) is 13.7. The zero-order valence-corrected chi connectivity index (χ0v) is 20.1. The normalized spacial score (nSPS) is 10.9. The van der Waals surface area contributed by atoms with Crippen LogP contribution >= 0.6 is 47.0 Å². The first-order chi connectivity index (χ1) is 15.4.